The van der Waals surface area contributed by atoms with Gasteiger partial charge < -0.3 is 15.6 Å². The average molecular weight is 646 g/mol. The van der Waals surface area contributed by atoms with Gasteiger partial charge in [0.1, 0.15) is 6.10 Å². The first-order valence-electron chi connectivity index (χ1n) is 18.1. The number of hydrogen-bond donors (Lipinski definition) is 2. The lowest BCUT2D eigenvalue weighted by Gasteiger charge is -2.72. The van der Waals surface area contributed by atoms with E-state index in [0.717, 1.165) is 25.7 Å². The minimum absolute atomic E-state index is 0. The second kappa shape index (κ2) is 10.7. The molecule has 0 aromatic heterocycles. The molecule has 0 unspecified atom stereocenters. The molecule has 0 radical (unpaired) electrons. The second-order valence-electron chi connectivity index (χ2n) is 19.2. The van der Waals surface area contributed by atoms with Crippen LogP contribution in [-0.2, 0) is 14.3 Å². The predicted octanol–water partition coefficient (Wildman–Crippen LogP) is 9.22. The molecule has 0 spiro atoms. The van der Waals surface area contributed by atoms with E-state index in [1.54, 1.807) is 6.92 Å². The fourth-order valence-corrected chi connectivity index (χ4v) is 13.9. The molecule has 3 N–H and O–H groups in total. The molecule has 45 heavy (non-hydrogen) atoms. The van der Waals surface area contributed by atoms with Crippen LogP contribution < -0.4 is 5.73 Å². The monoisotopic (exact) mass is 645 g/mol. The summed E-state index contributed by atoms with van der Waals surface area (Å²) < 4.78 is 6.50. The number of allylic oxidation sites excluding steroid dienone is 1. The van der Waals surface area contributed by atoms with Gasteiger partial charge in [0.2, 0.25) is 0 Å². The Hall–Kier alpha value is -1.07. The molecular weight excluding hydrogens is 582 g/mol. The fourth-order valence-electron chi connectivity index (χ4n) is 13.9. The number of carboxylic acid groups (broad SMARTS) is 1. The predicted molar refractivity (Wildman–Crippen MR) is 183 cm³/mol. The molecule has 6 heteroatoms. The van der Waals surface area contributed by atoms with Crippen LogP contribution in [0, 0.1) is 68.0 Å². The highest BCUT2D eigenvalue weighted by molar-refractivity contribution is 5.85. The molecule has 0 bridgehead atoms. The molecule has 0 aromatic rings. The van der Waals surface area contributed by atoms with Gasteiger partial charge in [-0.05, 0) is 142 Å². The van der Waals surface area contributed by atoms with E-state index >= 15 is 0 Å². The van der Waals surface area contributed by atoms with E-state index in [1.165, 1.54) is 44.1 Å². The number of halogens is 1. The Balaban J connectivity index is 0.00000400. The number of carboxylic acids is 1. The number of hydrogen-bond acceptors (Lipinski definition) is 4. The minimum Gasteiger partial charge on any atom is -0.481 e. The van der Waals surface area contributed by atoms with Crippen LogP contribution in [0.1, 0.15) is 139 Å². The highest BCUT2D eigenvalue weighted by Gasteiger charge is 2.71. The summed E-state index contributed by atoms with van der Waals surface area (Å²) in [7, 11) is 0. The Kier molecular flexibility index (Phi) is 8.39. The third-order valence-electron chi connectivity index (χ3n) is 17.3. The number of carbonyl (C=O) groups is 2. The summed E-state index contributed by atoms with van der Waals surface area (Å²) >= 11 is 0. The summed E-state index contributed by atoms with van der Waals surface area (Å²) in [5, 5.41) is 10.0. The smallest absolute Gasteiger partial charge is 0.309 e. The van der Waals surface area contributed by atoms with E-state index in [1.807, 2.05) is 13.8 Å². The standard InChI is InChI=1S/C39H63NO4.ClH/c1-23(2)24-13-20-39(40)22-21-36(8)25(30(24)39)11-12-28-35(7)17-16-29(33(3,4)27(35)15-19-37(28,36)9)44-31(41)26-14-18-38(10,32(42)43)34(26,5)6;/h24-30H,1,11-22,40H2,2-10H3,(H,42,43);1H/t24-,25+,26+,27-,28+,29-,30+,35-,36+,37+,38-,39-;/m0./s1. The van der Waals surface area contributed by atoms with Crippen LogP contribution in [0.15, 0.2) is 12.2 Å². The molecular formula is C39H64ClNO4. The molecule has 0 aromatic carbocycles. The molecule has 0 heterocycles. The van der Waals surface area contributed by atoms with Crippen LogP contribution in [0.3, 0.4) is 0 Å². The van der Waals surface area contributed by atoms with Crippen molar-refractivity contribution in [2.24, 2.45) is 73.7 Å². The van der Waals surface area contributed by atoms with Gasteiger partial charge in [0.05, 0.1) is 11.3 Å². The van der Waals surface area contributed by atoms with Gasteiger partial charge in [-0.15, -0.1) is 12.4 Å². The van der Waals surface area contributed by atoms with Crippen molar-refractivity contribution >= 4 is 24.3 Å². The van der Waals surface area contributed by atoms with E-state index in [0.29, 0.717) is 42.4 Å². The molecule has 0 amide bonds. The van der Waals surface area contributed by atoms with E-state index < -0.39 is 16.8 Å². The lowest BCUT2D eigenvalue weighted by atomic mass is 9.32. The zero-order valence-electron chi connectivity index (χ0n) is 29.9. The van der Waals surface area contributed by atoms with Crippen LogP contribution >= 0.6 is 12.4 Å². The maximum atomic E-state index is 13.8. The van der Waals surface area contributed by atoms with Crippen molar-refractivity contribution in [2.45, 2.75) is 151 Å². The summed E-state index contributed by atoms with van der Waals surface area (Å²) in [5.41, 5.74) is 7.69. The number of fused-ring (bicyclic) bond motifs is 7. The molecule has 5 nitrogen and oxygen atoms in total. The molecule has 0 saturated heterocycles. The van der Waals surface area contributed by atoms with Crippen molar-refractivity contribution in [2.75, 3.05) is 0 Å². The van der Waals surface area contributed by atoms with Gasteiger partial charge in [0, 0.05) is 11.0 Å². The number of nitrogens with two attached hydrogens (primary N) is 1. The normalized spacial score (nSPS) is 51.0. The zero-order chi connectivity index (χ0) is 32.5. The van der Waals surface area contributed by atoms with Crippen molar-refractivity contribution in [1.29, 1.82) is 0 Å². The lowest BCUT2D eigenvalue weighted by molar-refractivity contribution is -0.246. The topological polar surface area (TPSA) is 89.6 Å². The fraction of sp³-hybridized carbons (Fsp3) is 0.897. The van der Waals surface area contributed by atoms with Crippen LogP contribution in [0.25, 0.3) is 0 Å². The van der Waals surface area contributed by atoms with E-state index in [-0.39, 0.29) is 57.6 Å². The van der Waals surface area contributed by atoms with Gasteiger partial charge in [-0.3, -0.25) is 9.59 Å². The number of rotatable bonds is 4. The van der Waals surface area contributed by atoms with Crippen molar-refractivity contribution in [3.63, 3.8) is 0 Å². The number of carbonyl (C=O) groups excluding carboxylic acids is 1. The van der Waals surface area contributed by atoms with E-state index in [9.17, 15) is 14.7 Å². The third kappa shape index (κ3) is 4.46. The van der Waals surface area contributed by atoms with Crippen LogP contribution in [0.5, 0.6) is 0 Å². The van der Waals surface area contributed by atoms with E-state index in [2.05, 4.69) is 48.1 Å². The maximum Gasteiger partial charge on any atom is 0.309 e. The number of ether oxygens (including phenoxy) is 1. The molecule has 6 saturated carbocycles. The van der Waals surface area contributed by atoms with Crippen molar-refractivity contribution in [1.82, 2.24) is 0 Å². The Labute approximate surface area is 280 Å². The lowest BCUT2D eigenvalue weighted by Crippen LogP contribution is -2.68. The van der Waals surface area contributed by atoms with E-state index in [4.69, 9.17) is 10.5 Å². The van der Waals surface area contributed by atoms with Crippen LogP contribution in [0.2, 0.25) is 0 Å². The molecule has 6 aliphatic rings. The van der Waals surface area contributed by atoms with Gasteiger partial charge in [-0.2, -0.15) is 0 Å². The Bertz CT molecular complexity index is 1250. The Morgan fingerprint density at radius 1 is 0.778 bits per heavy atom. The van der Waals surface area contributed by atoms with Crippen LogP contribution in [0.4, 0.5) is 0 Å². The summed E-state index contributed by atoms with van der Waals surface area (Å²) in [6.45, 7) is 25.1. The van der Waals surface area contributed by atoms with Gasteiger partial charge in [-0.1, -0.05) is 60.6 Å². The molecule has 6 aliphatic carbocycles. The molecule has 0 aliphatic heterocycles. The van der Waals surface area contributed by atoms with Gasteiger partial charge in [0.15, 0.2) is 0 Å². The Morgan fingerprint density at radius 2 is 1.44 bits per heavy atom. The van der Waals surface area contributed by atoms with Gasteiger partial charge >= 0.3 is 11.9 Å². The first-order chi connectivity index (χ1) is 20.2. The first-order valence-corrected chi connectivity index (χ1v) is 18.1. The van der Waals surface area contributed by atoms with Crippen LogP contribution in [-0.4, -0.2) is 28.7 Å². The minimum atomic E-state index is -0.911. The van der Waals surface area contributed by atoms with Gasteiger partial charge in [0.25, 0.3) is 0 Å². The SMILES string of the molecule is C=C(C)[C@@H]1CC[C@]2(N)CC[C@]3(C)[C@H](CC[C@@H]4[C@@]5(C)CC[C@H](OC(=O)[C@H]6CC[C@@](C)(C(=O)O)C6(C)C)C(C)(C)[C@@H]5CC[C@]43C)[C@@H]12.Cl. The number of esters is 1. The van der Waals surface area contributed by atoms with Crippen molar-refractivity contribution in [3.8, 4) is 0 Å². The highest BCUT2D eigenvalue weighted by Crippen LogP contribution is 2.76. The third-order valence-corrected chi connectivity index (χ3v) is 17.3. The number of aliphatic carboxylic acids is 1. The first kappa shape index (κ1) is 35.2. The summed E-state index contributed by atoms with van der Waals surface area (Å²) in [6, 6.07) is 0. The zero-order valence-corrected chi connectivity index (χ0v) is 30.7. The van der Waals surface area contributed by atoms with Crippen molar-refractivity contribution < 1.29 is 19.4 Å². The van der Waals surface area contributed by atoms with Gasteiger partial charge in [-0.25, -0.2) is 0 Å². The molecule has 12 atom stereocenters. The summed E-state index contributed by atoms with van der Waals surface area (Å²) in [6.07, 6.45) is 12.7. The quantitative estimate of drug-likeness (QED) is 0.235. The average Bonchev–Trinajstić information content (AvgIpc) is 3.40. The largest absolute Gasteiger partial charge is 0.481 e. The summed E-state index contributed by atoms with van der Waals surface area (Å²) in [4.78, 5) is 26.0. The van der Waals surface area contributed by atoms with Crippen molar-refractivity contribution in [3.05, 3.63) is 12.2 Å². The highest BCUT2D eigenvalue weighted by atomic mass is 35.5. The second-order valence-corrected chi connectivity index (χ2v) is 19.2. The maximum absolute atomic E-state index is 13.8. The summed E-state index contributed by atoms with van der Waals surface area (Å²) in [5.74, 6) is 1.60. The molecule has 6 rings (SSSR count). The Morgan fingerprint density at radius 3 is 2.04 bits per heavy atom. The molecule has 256 valence electrons. The molecule has 6 fully saturated rings.